The maximum absolute atomic E-state index is 5.82. The van der Waals surface area contributed by atoms with E-state index < -0.39 is 0 Å². The molecule has 6 nitrogen and oxygen atoms in total. The molecule has 1 aromatic heterocycles. The van der Waals surface area contributed by atoms with E-state index in [-0.39, 0.29) is 5.41 Å². The summed E-state index contributed by atoms with van der Waals surface area (Å²) in [5.74, 6) is 3.34. The van der Waals surface area contributed by atoms with Gasteiger partial charge in [-0.3, -0.25) is 0 Å². The molecular weight excluding hydrogens is 476 g/mol. The number of hydrogen-bond acceptors (Lipinski definition) is 5. The largest absolute Gasteiger partial charge is 0.361 e. The summed E-state index contributed by atoms with van der Waals surface area (Å²) in [6.07, 6.45) is 12.5. The van der Waals surface area contributed by atoms with Crippen molar-refractivity contribution in [2.24, 2.45) is 5.92 Å². The minimum Gasteiger partial charge on any atom is -0.361 e. The lowest BCUT2D eigenvalue weighted by Gasteiger charge is -2.38. The lowest BCUT2D eigenvalue weighted by atomic mass is 9.69. The van der Waals surface area contributed by atoms with Gasteiger partial charge in [0.05, 0.1) is 0 Å². The highest BCUT2D eigenvalue weighted by atomic mass is 32.1. The molecule has 1 aliphatic carbocycles. The van der Waals surface area contributed by atoms with Crippen molar-refractivity contribution in [3.8, 4) is 0 Å². The van der Waals surface area contributed by atoms with E-state index in [1.54, 1.807) is 0 Å². The average Bonchev–Trinajstić information content (AvgIpc) is 2.93. The van der Waals surface area contributed by atoms with Crippen LogP contribution in [0.25, 0.3) is 0 Å². The van der Waals surface area contributed by atoms with Gasteiger partial charge >= 0.3 is 0 Å². The number of hydrogen-bond donors (Lipinski definition) is 2. The predicted octanol–water partition coefficient (Wildman–Crippen LogP) is 6.28. The topological polar surface area (TPSA) is 56.3 Å². The van der Waals surface area contributed by atoms with Gasteiger partial charge < -0.3 is 20.4 Å². The molecule has 5 rings (SSSR count). The van der Waals surface area contributed by atoms with Crippen LogP contribution in [-0.4, -0.2) is 47.3 Å². The summed E-state index contributed by atoms with van der Waals surface area (Å²) >= 11 is 5.82. The first-order valence-electron chi connectivity index (χ1n) is 14.5. The first-order valence-corrected chi connectivity index (χ1v) is 14.9. The number of rotatable bonds is 6. The van der Waals surface area contributed by atoms with Gasteiger partial charge in [-0.15, -0.1) is 0 Å². The molecule has 3 heterocycles. The predicted molar refractivity (Wildman–Crippen MR) is 159 cm³/mol. The molecule has 1 saturated carbocycles. The zero-order valence-corrected chi connectivity index (χ0v) is 23.5. The standard InChI is InChI=1S/C30H44N6S/c1-23-12-11-18-35(21-23)26-20-27(36-19-10-7-13-24(36)2)33-28(32-26)34-29(37)31-22-30(16-8-4-9-17-30)25-14-5-3-6-15-25/h3,5-6,14-15,20,23-24H,4,7-13,16-19,21-22H2,1-2H3,(H2,31,32,33,34,37)/t23-,24+/m0/s1. The van der Waals surface area contributed by atoms with Gasteiger partial charge in [0.2, 0.25) is 5.95 Å². The number of aromatic nitrogens is 2. The maximum atomic E-state index is 5.82. The van der Waals surface area contributed by atoms with E-state index in [1.807, 2.05) is 0 Å². The second-order valence-corrected chi connectivity index (χ2v) is 12.1. The molecule has 37 heavy (non-hydrogen) atoms. The minimum atomic E-state index is 0.131. The Hall–Kier alpha value is -2.41. The SMILES string of the molecule is C[C@H]1CCCN(c2cc(N3CCCC[C@H]3C)nc(NC(=S)NCC3(c4ccccc4)CCCCC3)n2)C1. The summed E-state index contributed by atoms with van der Waals surface area (Å²) in [7, 11) is 0. The van der Waals surface area contributed by atoms with Crippen molar-refractivity contribution in [1.82, 2.24) is 15.3 Å². The molecule has 3 aliphatic rings. The molecule has 1 aromatic carbocycles. The van der Waals surface area contributed by atoms with Gasteiger partial charge in [0, 0.05) is 43.7 Å². The van der Waals surface area contributed by atoms with Crippen LogP contribution >= 0.6 is 12.2 Å². The van der Waals surface area contributed by atoms with Crippen molar-refractivity contribution >= 4 is 34.9 Å². The molecule has 2 aromatic rings. The first-order chi connectivity index (χ1) is 18.0. The van der Waals surface area contributed by atoms with E-state index in [2.05, 4.69) is 70.7 Å². The Morgan fingerprint density at radius 3 is 2.49 bits per heavy atom. The Kier molecular flexibility index (Phi) is 8.48. The highest BCUT2D eigenvalue weighted by Gasteiger charge is 2.34. The fourth-order valence-electron chi connectivity index (χ4n) is 6.61. The van der Waals surface area contributed by atoms with E-state index in [0.717, 1.165) is 37.8 Å². The van der Waals surface area contributed by atoms with Crippen molar-refractivity contribution in [3.63, 3.8) is 0 Å². The summed E-state index contributed by atoms with van der Waals surface area (Å²) in [5.41, 5.74) is 1.55. The zero-order chi connectivity index (χ0) is 25.7. The number of piperidine rings is 2. The molecule has 2 saturated heterocycles. The molecular formula is C30H44N6S. The van der Waals surface area contributed by atoms with Crippen molar-refractivity contribution < 1.29 is 0 Å². The summed E-state index contributed by atoms with van der Waals surface area (Å²) in [6, 6.07) is 13.7. The minimum absolute atomic E-state index is 0.131. The van der Waals surface area contributed by atoms with Gasteiger partial charge in [0.1, 0.15) is 11.6 Å². The molecule has 0 spiro atoms. The lowest BCUT2D eigenvalue weighted by Crippen LogP contribution is -2.44. The van der Waals surface area contributed by atoms with Crippen LogP contribution in [0, 0.1) is 5.92 Å². The van der Waals surface area contributed by atoms with Crippen LogP contribution in [0.1, 0.15) is 83.6 Å². The number of thiocarbonyl (C=S) groups is 1. The van der Waals surface area contributed by atoms with Gasteiger partial charge in [-0.05, 0) is 75.6 Å². The number of anilines is 3. The van der Waals surface area contributed by atoms with Crippen molar-refractivity contribution in [3.05, 3.63) is 42.0 Å². The molecule has 2 N–H and O–H groups in total. The third kappa shape index (κ3) is 6.36. The summed E-state index contributed by atoms with van der Waals surface area (Å²) in [4.78, 5) is 14.8. The molecule has 3 fully saturated rings. The van der Waals surface area contributed by atoms with E-state index in [9.17, 15) is 0 Å². The summed E-state index contributed by atoms with van der Waals surface area (Å²) in [6.45, 7) is 8.65. The fourth-order valence-corrected chi connectivity index (χ4v) is 6.77. The Labute approximate surface area is 228 Å². The number of nitrogens with zero attached hydrogens (tertiary/aromatic N) is 4. The second-order valence-electron chi connectivity index (χ2n) is 11.7. The molecule has 2 aliphatic heterocycles. The molecule has 7 heteroatoms. The van der Waals surface area contributed by atoms with Gasteiger partial charge in [-0.2, -0.15) is 9.97 Å². The Morgan fingerprint density at radius 1 is 0.946 bits per heavy atom. The lowest BCUT2D eigenvalue weighted by molar-refractivity contribution is 0.292. The van der Waals surface area contributed by atoms with Crippen molar-refractivity contribution in [2.45, 2.75) is 89.5 Å². The molecule has 0 radical (unpaired) electrons. The number of benzene rings is 1. The van der Waals surface area contributed by atoms with E-state index in [1.165, 1.54) is 69.8 Å². The van der Waals surface area contributed by atoms with Crippen LogP contribution in [0.5, 0.6) is 0 Å². The average molecular weight is 521 g/mol. The normalized spacial score (nSPS) is 23.9. The van der Waals surface area contributed by atoms with Gasteiger partial charge in [-0.1, -0.05) is 56.5 Å². The van der Waals surface area contributed by atoms with Crippen LogP contribution < -0.4 is 20.4 Å². The Morgan fingerprint density at radius 2 is 1.73 bits per heavy atom. The van der Waals surface area contributed by atoms with Crippen molar-refractivity contribution in [2.75, 3.05) is 41.3 Å². The van der Waals surface area contributed by atoms with E-state index in [0.29, 0.717) is 23.0 Å². The van der Waals surface area contributed by atoms with Crippen molar-refractivity contribution in [1.29, 1.82) is 0 Å². The third-order valence-electron chi connectivity index (χ3n) is 8.79. The molecule has 0 amide bonds. The smallest absolute Gasteiger partial charge is 0.232 e. The zero-order valence-electron chi connectivity index (χ0n) is 22.7. The Bertz CT molecular complexity index is 1040. The second kappa shape index (κ2) is 12.0. The monoisotopic (exact) mass is 520 g/mol. The summed E-state index contributed by atoms with van der Waals surface area (Å²) in [5, 5.41) is 7.56. The third-order valence-corrected chi connectivity index (χ3v) is 9.03. The van der Waals surface area contributed by atoms with Crippen LogP contribution in [0.15, 0.2) is 36.4 Å². The van der Waals surface area contributed by atoms with Gasteiger partial charge in [0.25, 0.3) is 0 Å². The van der Waals surface area contributed by atoms with Crippen LogP contribution in [0.3, 0.4) is 0 Å². The van der Waals surface area contributed by atoms with Gasteiger partial charge in [-0.25, -0.2) is 0 Å². The molecule has 0 unspecified atom stereocenters. The maximum Gasteiger partial charge on any atom is 0.232 e. The van der Waals surface area contributed by atoms with Crippen LogP contribution in [-0.2, 0) is 5.41 Å². The highest BCUT2D eigenvalue weighted by molar-refractivity contribution is 7.80. The fraction of sp³-hybridized carbons (Fsp3) is 0.633. The van der Waals surface area contributed by atoms with Gasteiger partial charge in [0.15, 0.2) is 5.11 Å². The van der Waals surface area contributed by atoms with E-state index in [4.69, 9.17) is 22.2 Å². The quantitative estimate of drug-likeness (QED) is 0.435. The number of nitrogens with one attached hydrogen (secondary N) is 2. The first kappa shape index (κ1) is 26.2. The van der Waals surface area contributed by atoms with E-state index >= 15 is 0 Å². The molecule has 200 valence electrons. The summed E-state index contributed by atoms with van der Waals surface area (Å²) < 4.78 is 0. The van der Waals surface area contributed by atoms with Crippen LogP contribution in [0.4, 0.5) is 17.6 Å². The molecule has 2 atom stereocenters. The van der Waals surface area contributed by atoms with Crippen LogP contribution in [0.2, 0.25) is 0 Å². The highest BCUT2D eigenvalue weighted by Crippen LogP contribution is 2.39. The molecule has 0 bridgehead atoms. The Balaban J connectivity index is 1.34.